The van der Waals surface area contributed by atoms with E-state index in [-0.39, 0.29) is 0 Å². The molecule has 0 aliphatic rings. The van der Waals surface area contributed by atoms with Crippen molar-refractivity contribution in [2.75, 3.05) is 6.61 Å². The summed E-state index contributed by atoms with van der Waals surface area (Å²) in [5.41, 5.74) is 1.19. The molecule has 0 saturated heterocycles. The van der Waals surface area contributed by atoms with Crippen molar-refractivity contribution in [2.24, 2.45) is 0 Å². The molecule has 6 heteroatoms. The third-order valence-electron chi connectivity index (χ3n) is 2.86. The van der Waals surface area contributed by atoms with Gasteiger partial charge in [0.1, 0.15) is 5.75 Å². The minimum absolute atomic E-state index is 0.406. The molecule has 0 aromatic heterocycles. The van der Waals surface area contributed by atoms with Gasteiger partial charge in [0.05, 0.1) is 16.5 Å². The molecule has 2 aromatic rings. The molecule has 0 heterocycles. The minimum Gasteiger partial charge on any atom is -0.492 e. The van der Waals surface area contributed by atoms with E-state index in [9.17, 15) is 8.78 Å². The molecule has 0 bridgehead atoms. The minimum atomic E-state index is -0.912. The van der Waals surface area contributed by atoms with Gasteiger partial charge in [0.25, 0.3) is 0 Å². The van der Waals surface area contributed by atoms with Crippen molar-refractivity contribution in [3.05, 3.63) is 63.1 Å². The largest absolute Gasteiger partial charge is 0.492 e. The van der Waals surface area contributed by atoms with Crippen LogP contribution < -0.4 is 4.74 Å². The van der Waals surface area contributed by atoms with Crippen LogP contribution in [-0.2, 0) is 0 Å². The van der Waals surface area contributed by atoms with Gasteiger partial charge in [0, 0.05) is 11.1 Å². The molecule has 0 aliphatic heterocycles. The van der Waals surface area contributed by atoms with Crippen LogP contribution in [0.3, 0.4) is 0 Å². The number of alkyl halides is 1. The predicted molar refractivity (Wildman–Crippen MR) is 84.8 cm³/mol. The maximum Gasteiger partial charge on any atom is 0.159 e. The number of ether oxygens (including phenoxy) is 1. The van der Waals surface area contributed by atoms with Crippen molar-refractivity contribution in [3.8, 4) is 5.75 Å². The first kappa shape index (κ1) is 16.5. The molecule has 1 atom stereocenters. The van der Waals surface area contributed by atoms with Gasteiger partial charge in [0.15, 0.2) is 11.6 Å². The van der Waals surface area contributed by atoms with Crippen LogP contribution in [0.15, 0.2) is 30.3 Å². The number of hydrogen-bond donors (Lipinski definition) is 0. The van der Waals surface area contributed by atoms with Gasteiger partial charge in [-0.15, -0.1) is 0 Å². The number of halogens is 5. The first-order chi connectivity index (χ1) is 9.93. The second-order valence-corrected chi connectivity index (χ2v) is 6.00. The van der Waals surface area contributed by atoms with Gasteiger partial charge in [-0.25, -0.2) is 8.78 Å². The maximum atomic E-state index is 13.3. The second-order valence-electron chi connectivity index (χ2n) is 4.27. The highest BCUT2D eigenvalue weighted by atomic mass is 79.9. The Morgan fingerprint density at radius 2 is 1.81 bits per heavy atom. The van der Waals surface area contributed by atoms with Crippen molar-refractivity contribution < 1.29 is 13.5 Å². The lowest BCUT2D eigenvalue weighted by atomic mass is 10.0. The van der Waals surface area contributed by atoms with E-state index in [1.54, 1.807) is 12.1 Å². The van der Waals surface area contributed by atoms with Crippen molar-refractivity contribution in [2.45, 2.75) is 11.8 Å². The van der Waals surface area contributed by atoms with Crippen molar-refractivity contribution >= 4 is 39.1 Å². The topological polar surface area (TPSA) is 9.23 Å². The summed E-state index contributed by atoms with van der Waals surface area (Å²) in [4.78, 5) is -0.409. The van der Waals surface area contributed by atoms with Crippen LogP contribution in [0.1, 0.15) is 22.9 Å². The Labute approximate surface area is 140 Å². The third kappa shape index (κ3) is 3.68. The van der Waals surface area contributed by atoms with E-state index in [1.807, 2.05) is 6.92 Å². The lowest BCUT2D eigenvalue weighted by Gasteiger charge is -2.15. The molecule has 0 spiro atoms. The van der Waals surface area contributed by atoms with Gasteiger partial charge >= 0.3 is 0 Å². The molecule has 0 N–H and O–H groups in total. The summed E-state index contributed by atoms with van der Waals surface area (Å²) in [6, 6.07) is 6.93. The smallest absolute Gasteiger partial charge is 0.159 e. The zero-order valence-corrected chi connectivity index (χ0v) is 14.1. The highest BCUT2D eigenvalue weighted by Crippen LogP contribution is 2.40. The molecular formula is C15H11BrCl2F2O. The molecule has 0 fully saturated rings. The zero-order chi connectivity index (χ0) is 15.6. The summed E-state index contributed by atoms with van der Waals surface area (Å²) in [6.07, 6.45) is 0. The molecule has 2 aromatic carbocycles. The third-order valence-corrected chi connectivity index (χ3v) is 4.51. The molecule has 1 nitrogen and oxygen atoms in total. The van der Waals surface area contributed by atoms with Crippen molar-refractivity contribution in [1.29, 1.82) is 0 Å². The molecule has 1 unspecified atom stereocenters. The fourth-order valence-corrected chi connectivity index (χ4v) is 3.14. The molecule has 0 aliphatic carbocycles. The van der Waals surface area contributed by atoms with Gasteiger partial charge in [-0.1, -0.05) is 45.2 Å². The van der Waals surface area contributed by atoms with Gasteiger partial charge in [-0.2, -0.15) is 0 Å². The second kappa shape index (κ2) is 6.95. The van der Waals surface area contributed by atoms with E-state index >= 15 is 0 Å². The summed E-state index contributed by atoms with van der Waals surface area (Å²) in [5, 5.41) is 0.831. The molecule has 21 heavy (non-hydrogen) atoms. The van der Waals surface area contributed by atoms with E-state index < -0.39 is 16.5 Å². The van der Waals surface area contributed by atoms with E-state index in [1.165, 1.54) is 6.07 Å². The standard InChI is InChI=1S/C15H11BrCl2F2O/c1-2-21-14-7-10(17)9(6-11(14)18)15(16)8-3-4-12(19)13(20)5-8/h3-7,15H,2H2,1H3. The van der Waals surface area contributed by atoms with Gasteiger partial charge in [-0.05, 0) is 36.2 Å². The summed E-state index contributed by atoms with van der Waals surface area (Å²) >= 11 is 15.8. The molecule has 112 valence electrons. The van der Waals surface area contributed by atoms with Crippen LogP contribution in [0.2, 0.25) is 10.0 Å². The number of benzene rings is 2. The Hall–Kier alpha value is -0.840. The van der Waals surface area contributed by atoms with Gasteiger partial charge in [-0.3, -0.25) is 0 Å². The van der Waals surface area contributed by atoms with Crippen molar-refractivity contribution in [1.82, 2.24) is 0 Å². The Morgan fingerprint density at radius 3 is 2.43 bits per heavy atom. The van der Waals surface area contributed by atoms with Crippen molar-refractivity contribution in [3.63, 3.8) is 0 Å². The first-order valence-corrected chi connectivity index (χ1v) is 7.82. The molecule has 0 saturated carbocycles. The lowest BCUT2D eigenvalue weighted by Crippen LogP contribution is -1.98. The van der Waals surface area contributed by atoms with Gasteiger partial charge < -0.3 is 4.74 Å². The van der Waals surface area contributed by atoms with Crippen LogP contribution in [0.4, 0.5) is 8.78 Å². The zero-order valence-electron chi connectivity index (χ0n) is 11.0. The highest BCUT2D eigenvalue weighted by Gasteiger charge is 2.18. The predicted octanol–water partition coefficient (Wildman–Crippen LogP) is 6.15. The van der Waals surface area contributed by atoms with E-state index in [4.69, 9.17) is 27.9 Å². The van der Waals surface area contributed by atoms with Crippen LogP contribution >= 0.6 is 39.1 Å². The monoisotopic (exact) mass is 394 g/mol. The average Bonchev–Trinajstić information content (AvgIpc) is 2.45. The van der Waals surface area contributed by atoms with Crippen LogP contribution in [0.5, 0.6) is 5.75 Å². The van der Waals surface area contributed by atoms with E-state index in [0.29, 0.717) is 33.5 Å². The fraction of sp³-hybridized carbons (Fsp3) is 0.200. The first-order valence-electron chi connectivity index (χ1n) is 6.14. The SMILES string of the molecule is CCOc1cc(Cl)c(C(Br)c2ccc(F)c(F)c2)cc1Cl. The molecule has 0 amide bonds. The average molecular weight is 396 g/mol. The number of hydrogen-bond acceptors (Lipinski definition) is 1. The molecule has 2 rings (SSSR count). The summed E-state index contributed by atoms with van der Waals surface area (Å²) in [6.45, 7) is 2.31. The quantitative estimate of drug-likeness (QED) is 0.563. The highest BCUT2D eigenvalue weighted by molar-refractivity contribution is 9.09. The lowest BCUT2D eigenvalue weighted by molar-refractivity contribution is 0.340. The van der Waals surface area contributed by atoms with Crippen LogP contribution in [-0.4, -0.2) is 6.61 Å². The Morgan fingerprint density at radius 1 is 1.10 bits per heavy atom. The van der Waals surface area contributed by atoms with Crippen LogP contribution in [0, 0.1) is 11.6 Å². The molecule has 0 radical (unpaired) electrons. The summed E-state index contributed by atoms with van der Waals surface area (Å²) < 4.78 is 31.7. The normalized spacial score (nSPS) is 12.3. The Bertz CT molecular complexity index is 664. The molecular weight excluding hydrogens is 385 g/mol. The number of rotatable bonds is 4. The van der Waals surface area contributed by atoms with E-state index in [2.05, 4.69) is 15.9 Å². The maximum absolute atomic E-state index is 13.3. The van der Waals surface area contributed by atoms with E-state index in [0.717, 1.165) is 12.1 Å². The van der Waals surface area contributed by atoms with Crippen LogP contribution in [0.25, 0.3) is 0 Å². The summed E-state index contributed by atoms with van der Waals surface area (Å²) in [5.74, 6) is -1.32. The summed E-state index contributed by atoms with van der Waals surface area (Å²) in [7, 11) is 0. The Balaban J connectivity index is 2.40. The van der Waals surface area contributed by atoms with Gasteiger partial charge in [0.2, 0.25) is 0 Å². The fourth-order valence-electron chi connectivity index (χ4n) is 1.85. The Kier molecular flexibility index (Phi) is 5.47.